The van der Waals surface area contributed by atoms with Crippen LogP contribution in [0.15, 0.2) is 47.2 Å². The first-order valence-electron chi connectivity index (χ1n) is 12.5. The topological polar surface area (TPSA) is 85.3 Å². The van der Waals surface area contributed by atoms with Crippen LogP contribution in [0, 0.1) is 0 Å². The summed E-state index contributed by atoms with van der Waals surface area (Å²) in [7, 11) is 3.61. The van der Waals surface area contributed by atoms with Gasteiger partial charge in [0.1, 0.15) is 11.5 Å². The van der Waals surface area contributed by atoms with Crippen molar-refractivity contribution < 1.29 is 28.9 Å². The van der Waals surface area contributed by atoms with Crippen molar-refractivity contribution in [2.75, 3.05) is 27.3 Å². The number of aldehydes is 1. The largest absolute Gasteiger partial charge is 0.496 e. The molecular formula is C28H32ClNO6S2. The van der Waals surface area contributed by atoms with Gasteiger partial charge in [-0.25, -0.2) is 4.79 Å². The lowest BCUT2D eigenvalue weighted by atomic mass is 9.90. The van der Waals surface area contributed by atoms with E-state index in [1.54, 1.807) is 12.1 Å². The highest BCUT2D eigenvalue weighted by Gasteiger charge is 2.48. The van der Waals surface area contributed by atoms with Gasteiger partial charge in [0, 0.05) is 18.7 Å². The number of rotatable bonds is 13. The number of hydrogen-bond donors (Lipinski definition) is 1. The van der Waals surface area contributed by atoms with E-state index in [2.05, 4.69) is 11.9 Å². The fourth-order valence-electron chi connectivity index (χ4n) is 4.92. The monoisotopic (exact) mass is 577 g/mol. The van der Waals surface area contributed by atoms with E-state index in [1.807, 2.05) is 35.0 Å². The SMILES string of the molecule is COc1cc(OCCCN(C)[C@H]2CC[C@H](OC(C(=O)O)(c3cccs3)c3cccs3)CC2)c(Cl)cc1C=O. The third-order valence-corrected chi connectivity index (χ3v) is 9.21. The second-order valence-electron chi connectivity index (χ2n) is 9.31. The Labute approximate surface area is 235 Å². The molecule has 0 atom stereocenters. The minimum Gasteiger partial charge on any atom is -0.496 e. The highest BCUT2D eigenvalue weighted by molar-refractivity contribution is 7.12. The summed E-state index contributed by atoms with van der Waals surface area (Å²) in [6, 6.07) is 11.0. The van der Waals surface area contributed by atoms with Crippen molar-refractivity contribution in [1.82, 2.24) is 4.90 Å². The highest BCUT2D eigenvalue weighted by atomic mass is 35.5. The van der Waals surface area contributed by atoms with Crippen molar-refractivity contribution >= 4 is 46.5 Å². The van der Waals surface area contributed by atoms with Crippen LogP contribution < -0.4 is 9.47 Å². The Hall–Kier alpha value is -2.43. The van der Waals surface area contributed by atoms with E-state index in [9.17, 15) is 14.7 Å². The second kappa shape index (κ2) is 13.1. The number of nitrogens with zero attached hydrogens (tertiary/aromatic N) is 1. The van der Waals surface area contributed by atoms with Crippen LogP contribution >= 0.6 is 34.3 Å². The number of thiophene rings is 2. The van der Waals surface area contributed by atoms with E-state index in [0.717, 1.165) is 38.6 Å². The van der Waals surface area contributed by atoms with E-state index in [1.165, 1.54) is 29.8 Å². The third-order valence-electron chi connectivity index (χ3n) is 6.97. The quantitative estimate of drug-likeness (QED) is 0.187. The molecule has 2 heterocycles. The predicted molar refractivity (Wildman–Crippen MR) is 150 cm³/mol. The van der Waals surface area contributed by atoms with Crippen LogP contribution in [0.3, 0.4) is 0 Å². The molecule has 0 unspecified atom stereocenters. The molecule has 7 nitrogen and oxygen atoms in total. The lowest BCUT2D eigenvalue weighted by Gasteiger charge is -2.38. The fraction of sp³-hybridized carbons (Fsp3) is 0.429. The smallest absolute Gasteiger partial charge is 0.347 e. The first kappa shape index (κ1) is 28.6. The zero-order valence-electron chi connectivity index (χ0n) is 21.4. The summed E-state index contributed by atoms with van der Waals surface area (Å²) in [6.45, 7) is 1.33. The molecule has 38 heavy (non-hydrogen) atoms. The molecule has 0 aliphatic heterocycles. The van der Waals surface area contributed by atoms with E-state index in [4.69, 9.17) is 25.8 Å². The van der Waals surface area contributed by atoms with Gasteiger partial charge in [0.05, 0.1) is 40.2 Å². The minimum absolute atomic E-state index is 0.130. The normalized spacial score (nSPS) is 17.9. The van der Waals surface area contributed by atoms with Crippen LogP contribution in [0.4, 0.5) is 0 Å². The maximum Gasteiger partial charge on any atom is 0.347 e. The molecule has 0 spiro atoms. The standard InChI is InChI=1S/C28H32ClNO6S2/c1-30(12-5-13-35-24-17-23(34-2)19(18-31)16-22(24)29)20-8-10-21(11-9-20)36-28(27(32)33,25-6-3-14-37-25)26-7-4-15-38-26/h3-4,6-7,14-18,20-21H,5,8-13H2,1-2H3,(H,32,33)/t20-,21-. The van der Waals surface area contributed by atoms with Crippen molar-refractivity contribution in [1.29, 1.82) is 0 Å². The molecule has 0 amide bonds. The Morgan fingerprint density at radius 1 is 1.13 bits per heavy atom. The number of methoxy groups -OCH3 is 1. The summed E-state index contributed by atoms with van der Waals surface area (Å²) in [4.78, 5) is 27.5. The Morgan fingerprint density at radius 3 is 2.32 bits per heavy atom. The lowest BCUT2D eigenvalue weighted by molar-refractivity contribution is -0.170. The first-order valence-corrected chi connectivity index (χ1v) is 14.7. The summed E-state index contributed by atoms with van der Waals surface area (Å²) >= 11 is 9.08. The van der Waals surface area contributed by atoms with Crippen LogP contribution in [-0.2, 0) is 15.1 Å². The number of aliphatic carboxylic acids is 1. The van der Waals surface area contributed by atoms with Crippen LogP contribution in [0.5, 0.6) is 11.5 Å². The van der Waals surface area contributed by atoms with Crippen molar-refractivity contribution in [3.05, 3.63) is 67.5 Å². The average molecular weight is 578 g/mol. The number of carboxylic acid groups (broad SMARTS) is 1. The van der Waals surface area contributed by atoms with Crippen molar-refractivity contribution in [2.45, 2.75) is 49.9 Å². The number of ether oxygens (including phenoxy) is 3. The molecule has 0 saturated heterocycles. The number of hydrogen-bond acceptors (Lipinski definition) is 8. The molecule has 3 aromatic rings. The van der Waals surface area contributed by atoms with Crippen molar-refractivity contribution in [3.8, 4) is 11.5 Å². The van der Waals surface area contributed by atoms with Gasteiger partial charge in [-0.15, -0.1) is 22.7 Å². The summed E-state index contributed by atoms with van der Waals surface area (Å²) in [6.07, 6.45) is 4.85. The second-order valence-corrected chi connectivity index (χ2v) is 11.6. The Kier molecular flexibility index (Phi) is 9.84. The summed E-state index contributed by atoms with van der Waals surface area (Å²) in [5.74, 6) is -0.0476. The number of carboxylic acids is 1. The molecule has 1 fully saturated rings. The molecule has 1 aliphatic carbocycles. The molecule has 0 radical (unpaired) electrons. The number of carbonyl (C=O) groups excluding carboxylic acids is 1. The van der Waals surface area contributed by atoms with Gasteiger partial charge in [-0.3, -0.25) is 4.79 Å². The van der Waals surface area contributed by atoms with E-state index in [-0.39, 0.29) is 6.10 Å². The Morgan fingerprint density at radius 2 is 1.79 bits per heavy atom. The van der Waals surface area contributed by atoms with Gasteiger partial charge in [0.25, 0.3) is 0 Å². The molecule has 1 saturated carbocycles. The van der Waals surface area contributed by atoms with Gasteiger partial charge < -0.3 is 24.2 Å². The van der Waals surface area contributed by atoms with Crippen LogP contribution in [-0.4, -0.2) is 61.7 Å². The van der Waals surface area contributed by atoms with Gasteiger partial charge in [0.2, 0.25) is 5.60 Å². The third kappa shape index (κ3) is 6.24. The van der Waals surface area contributed by atoms with Crippen LogP contribution in [0.2, 0.25) is 5.02 Å². The highest BCUT2D eigenvalue weighted by Crippen LogP contribution is 2.42. The maximum absolute atomic E-state index is 12.6. The molecule has 4 rings (SSSR count). The van der Waals surface area contributed by atoms with Gasteiger partial charge >= 0.3 is 5.97 Å². The average Bonchev–Trinajstić information content (AvgIpc) is 3.66. The Bertz CT molecular complexity index is 1160. The minimum atomic E-state index is -1.46. The van der Waals surface area contributed by atoms with E-state index >= 15 is 0 Å². The van der Waals surface area contributed by atoms with Gasteiger partial charge in [-0.1, -0.05) is 23.7 Å². The zero-order chi connectivity index (χ0) is 27.1. The predicted octanol–water partition coefficient (Wildman–Crippen LogP) is 6.34. The summed E-state index contributed by atoms with van der Waals surface area (Å²) in [5, 5.41) is 14.5. The lowest BCUT2D eigenvalue weighted by Crippen LogP contribution is -2.44. The van der Waals surface area contributed by atoms with E-state index in [0.29, 0.717) is 50.8 Å². The van der Waals surface area contributed by atoms with Crippen molar-refractivity contribution in [2.24, 2.45) is 0 Å². The van der Waals surface area contributed by atoms with Crippen molar-refractivity contribution in [3.63, 3.8) is 0 Å². The molecule has 0 bridgehead atoms. The molecule has 1 aromatic carbocycles. The maximum atomic E-state index is 12.6. The molecule has 1 aliphatic rings. The molecule has 1 N–H and O–H groups in total. The molecule has 2 aromatic heterocycles. The summed E-state index contributed by atoms with van der Waals surface area (Å²) in [5.41, 5.74) is -1.08. The van der Waals surface area contributed by atoms with Crippen LogP contribution in [0.25, 0.3) is 0 Å². The van der Waals surface area contributed by atoms with Gasteiger partial charge in [0.15, 0.2) is 6.29 Å². The first-order chi connectivity index (χ1) is 18.4. The molecule has 204 valence electrons. The number of halogens is 1. The molecular weight excluding hydrogens is 546 g/mol. The van der Waals surface area contributed by atoms with E-state index < -0.39 is 11.6 Å². The number of benzene rings is 1. The fourth-order valence-corrected chi connectivity index (χ4v) is 6.95. The Balaban J connectivity index is 1.29. The van der Waals surface area contributed by atoms with Crippen LogP contribution in [0.1, 0.15) is 52.2 Å². The molecule has 10 heteroatoms. The van der Waals surface area contributed by atoms with Gasteiger partial charge in [-0.05, 0) is 68.1 Å². The van der Waals surface area contributed by atoms with Gasteiger partial charge in [-0.2, -0.15) is 0 Å². The summed E-state index contributed by atoms with van der Waals surface area (Å²) < 4.78 is 17.6. The number of carbonyl (C=O) groups is 2. The zero-order valence-corrected chi connectivity index (χ0v) is 23.8.